The van der Waals surface area contributed by atoms with Gasteiger partial charge in [-0.2, -0.15) is 0 Å². The van der Waals surface area contributed by atoms with Gasteiger partial charge in [0.2, 0.25) is 0 Å². The number of nitrogens with two attached hydrogens (primary N) is 1. The zero-order chi connectivity index (χ0) is 7.33. The van der Waals surface area contributed by atoms with Gasteiger partial charge in [-0.3, -0.25) is 0 Å². The third-order valence-corrected chi connectivity index (χ3v) is 0.951. The lowest BCUT2D eigenvalue weighted by Gasteiger charge is -2.10. The quantitative estimate of drug-likeness (QED) is 0.564. The van der Waals surface area contributed by atoms with Crippen LogP contribution in [-0.4, -0.2) is 6.54 Å². The summed E-state index contributed by atoms with van der Waals surface area (Å²) in [7, 11) is 0. The number of allylic oxidation sites excluding steroid dienone is 1. The Morgan fingerprint density at radius 2 is 1.89 bits per heavy atom. The summed E-state index contributed by atoms with van der Waals surface area (Å²) < 4.78 is 0. The van der Waals surface area contributed by atoms with E-state index in [4.69, 9.17) is 5.73 Å². The zero-order valence-electron chi connectivity index (χ0n) is 6.65. The summed E-state index contributed by atoms with van der Waals surface area (Å²) in [6, 6.07) is 0. The van der Waals surface area contributed by atoms with Crippen LogP contribution in [0.3, 0.4) is 0 Å². The van der Waals surface area contributed by atoms with E-state index in [0.29, 0.717) is 5.41 Å². The molecule has 0 aromatic carbocycles. The summed E-state index contributed by atoms with van der Waals surface area (Å²) in [5.74, 6) is 0. The standard InChI is InChI=1S/C8H17N/c1-8(2,3)6-4-5-7-9/h4,6H,5,7,9H2,1-3H3/b6-4-. The smallest absolute Gasteiger partial charge is 0.00426 e. The molecule has 0 bridgehead atoms. The minimum Gasteiger partial charge on any atom is -0.330 e. The molecule has 0 aliphatic carbocycles. The second-order valence-electron chi connectivity index (χ2n) is 3.35. The van der Waals surface area contributed by atoms with Gasteiger partial charge in [-0.05, 0) is 18.4 Å². The van der Waals surface area contributed by atoms with Gasteiger partial charge in [-0.15, -0.1) is 0 Å². The van der Waals surface area contributed by atoms with Crippen molar-refractivity contribution in [3.63, 3.8) is 0 Å². The normalized spacial score (nSPS) is 12.9. The van der Waals surface area contributed by atoms with Crippen LogP contribution < -0.4 is 5.73 Å². The molecule has 0 saturated heterocycles. The number of rotatable bonds is 2. The van der Waals surface area contributed by atoms with Crippen LogP contribution in [0.15, 0.2) is 12.2 Å². The fourth-order valence-corrected chi connectivity index (χ4v) is 0.533. The molecule has 0 heterocycles. The van der Waals surface area contributed by atoms with E-state index in [9.17, 15) is 0 Å². The van der Waals surface area contributed by atoms with Crippen molar-refractivity contribution in [1.29, 1.82) is 0 Å². The van der Waals surface area contributed by atoms with E-state index < -0.39 is 0 Å². The van der Waals surface area contributed by atoms with Crippen molar-refractivity contribution in [2.24, 2.45) is 11.1 Å². The molecular weight excluding hydrogens is 110 g/mol. The molecule has 9 heavy (non-hydrogen) atoms. The van der Waals surface area contributed by atoms with E-state index >= 15 is 0 Å². The van der Waals surface area contributed by atoms with Crippen molar-refractivity contribution >= 4 is 0 Å². The minimum absolute atomic E-state index is 0.315. The first-order valence-corrected chi connectivity index (χ1v) is 3.44. The van der Waals surface area contributed by atoms with Gasteiger partial charge >= 0.3 is 0 Å². The zero-order valence-corrected chi connectivity index (χ0v) is 6.65. The summed E-state index contributed by atoms with van der Waals surface area (Å²) in [6.07, 6.45) is 5.33. The Kier molecular flexibility index (Phi) is 3.55. The molecule has 0 aliphatic heterocycles. The van der Waals surface area contributed by atoms with Crippen molar-refractivity contribution < 1.29 is 0 Å². The van der Waals surface area contributed by atoms with Crippen LogP contribution in [0.25, 0.3) is 0 Å². The number of hydrogen-bond donors (Lipinski definition) is 1. The van der Waals surface area contributed by atoms with Gasteiger partial charge in [-0.1, -0.05) is 32.9 Å². The molecule has 1 heteroatoms. The van der Waals surface area contributed by atoms with E-state index in [1.807, 2.05) is 0 Å². The molecule has 0 saturated carbocycles. The molecule has 0 fully saturated rings. The van der Waals surface area contributed by atoms with Gasteiger partial charge in [0.05, 0.1) is 0 Å². The molecule has 0 aromatic heterocycles. The van der Waals surface area contributed by atoms with Crippen LogP contribution in [0, 0.1) is 5.41 Å². The van der Waals surface area contributed by atoms with Crippen LogP contribution in [0.2, 0.25) is 0 Å². The molecule has 2 N–H and O–H groups in total. The van der Waals surface area contributed by atoms with Gasteiger partial charge in [0.1, 0.15) is 0 Å². The Morgan fingerprint density at radius 1 is 1.33 bits per heavy atom. The maximum Gasteiger partial charge on any atom is -0.00426 e. The second kappa shape index (κ2) is 3.67. The molecule has 1 nitrogen and oxygen atoms in total. The molecule has 0 atom stereocenters. The first kappa shape index (κ1) is 8.70. The monoisotopic (exact) mass is 127 g/mol. The van der Waals surface area contributed by atoms with E-state index in [2.05, 4.69) is 32.9 Å². The average molecular weight is 127 g/mol. The highest BCUT2D eigenvalue weighted by molar-refractivity contribution is 4.91. The van der Waals surface area contributed by atoms with Crippen molar-refractivity contribution in [2.75, 3.05) is 6.54 Å². The molecule has 0 aliphatic rings. The maximum absolute atomic E-state index is 5.31. The third-order valence-electron chi connectivity index (χ3n) is 0.951. The van der Waals surface area contributed by atoms with E-state index in [-0.39, 0.29) is 0 Å². The molecule has 0 aromatic rings. The highest BCUT2D eigenvalue weighted by Crippen LogP contribution is 2.14. The van der Waals surface area contributed by atoms with Crippen molar-refractivity contribution in [2.45, 2.75) is 27.2 Å². The Hall–Kier alpha value is -0.300. The van der Waals surface area contributed by atoms with Gasteiger partial charge in [-0.25, -0.2) is 0 Å². The van der Waals surface area contributed by atoms with Crippen molar-refractivity contribution in [3.05, 3.63) is 12.2 Å². The topological polar surface area (TPSA) is 26.0 Å². The fourth-order valence-electron chi connectivity index (χ4n) is 0.533. The molecule has 54 valence electrons. The maximum atomic E-state index is 5.31. The lowest BCUT2D eigenvalue weighted by atomic mass is 9.96. The molecule has 0 amide bonds. The summed E-state index contributed by atoms with van der Waals surface area (Å²) in [5, 5.41) is 0. The lowest BCUT2D eigenvalue weighted by molar-refractivity contribution is 0.542. The second-order valence-corrected chi connectivity index (χ2v) is 3.35. The van der Waals surface area contributed by atoms with Crippen LogP contribution in [0.5, 0.6) is 0 Å². The van der Waals surface area contributed by atoms with E-state index in [1.165, 1.54) is 0 Å². The van der Waals surface area contributed by atoms with E-state index in [0.717, 1.165) is 13.0 Å². The summed E-state index contributed by atoms with van der Waals surface area (Å²) in [5.41, 5.74) is 5.62. The first-order valence-electron chi connectivity index (χ1n) is 3.44. The van der Waals surface area contributed by atoms with Crippen LogP contribution in [0.1, 0.15) is 27.2 Å². The van der Waals surface area contributed by atoms with Crippen LogP contribution >= 0.6 is 0 Å². The number of hydrogen-bond acceptors (Lipinski definition) is 1. The van der Waals surface area contributed by atoms with Gasteiger partial charge in [0.25, 0.3) is 0 Å². The van der Waals surface area contributed by atoms with Gasteiger partial charge in [0, 0.05) is 0 Å². The predicted octanol–water partition coefficient (Wildman–Crippen LogP) is 1.94. The highest BCUT2D eigenvalue weighted by Gasteiger charge is 2.01. The minimum atomic E-state index is 0.315. The largest absolute Gasteiger partial charge is 0.330 e. The Bertz CT molecular complexity index is 87.2. The predicted molar refractivity (Wildman–Crippen MR) is 42.3 cm³/mol. The van der Waals surface area contributed by atoms with Crippen molar-refractivity contribution in [3.8, 4) is 0 Å². The molecule has 0 radical (unpaired) electrons. The lowest BCUT2D eigenvalue weighted by Crippen LogP contribution is -2.00. The molecular formula is C8H17N. The fraction of sp³-hybridized carbons (Fsp3) is 0.750. The van der Waals surface area contributed by atoms with Crippen LogP contribution in [0.4, 0.5) is 0 Å². The van der Waals surface area contributed by atoms with Gasteiger partial charge in [0.15, 0.2) is 0 Å². The van der Waals surface area contributed by atoms with Crippen LogP contribution in [-0.2, 0) is 0 Å². The van der Waals surface area contributed by atoms with E-state index in [1.54, 1.807) is 0 Å². The Balaban J connectivity index is 3.45. The summed E-state index contributed by atoms with van der Waals surface area (Å²) >= 11 is 0. The molecule has 0 spiro atoms. The first-order chi connectivity index (χ1) is 4.06. The Labute approximate surface area is 57.9 Å². The Morgan fingerprint density at radius 3 is 2.22 bits per heavy atom. The highest BCUT2D eigenvalue weighted by atomic mass is 14.5. The third kappa shape index (κ3) is 7.70. The molecule has 0 unspecified atom stereocenters. The molecule has 0 rings (SSSR count). The summed E-state index contributed by atoms with van der Waals surface area (Å²) in [4.78, 5) is 0. The SMILES string of the molecule is CC(C)(C)/C=C\CCN. The summed E-state index contributed by atoms with van der Waals surface area (Å²) in [6.45, 7) is 7.30. The van der Waals surface area contributed by atoms with Gasteiger partial charge < -0.3 is 5.73 Å². The average Bonchev–Trinajstić information content (AvgIpc) is 1.63. The van der Waals surface area contributed by atoms with Crippen molar-refractivity contribution in [1.82, 2.24) is 0 Å².